The van der Waals surface area contributed by atoms with Gasteiger partial charge in [-0.25, -0.2) is 23.5 Å². The first-order valence-electron chi connectivity index (χ1n) is 9.11. The number of allylic oxidation sites excluding steroid dienone is 3. The van der Waals surface area contributed by atoms with Gasteiger partial charge in [0.25, 0.3) is 0 Å². The molecule has 29 heavy (non-hydrogen) atoms. The summed E-state index contributed by atoms with van der Waals surface area (Å²) in [5, 5.41) is 18.3. The van der Waals surface area contributed by atoms with Crippen molar-refractivity contribution in [2.24, 2.45) is 0 Å². The van der Waals surface area contributed by atoms with Crippen molar-refractivity contribution < 1.29 is 13.9 Å². The lowest BCUT2D eigenvalue weighted by Crippen LogP contribution is -2.57. The molecule has 6 nitrogen and oxygen atoms in total. The summed E-state index contributed by atoms with van der Waals surface area (Å²) in [6.45, 7) is 3.61. The quantitative estimate of drug-likeness (QED) is 0.780. The first kappa shape index (κ1) is 19.8. The predicted molar refractivity (Wildman–Crippen MR) is 104 cm³/mol. The molecule has 2 aliphatic rings. The summed E-state index contributed by atoms with van der Waals surface area (Å²) < 4.78 is 29.7. The van der Waals surface area contributed by atoms with Crippen LogP contribution in [0.25, 0.3) is 0 Å². The van der Waals surface area contributed by atoms with Gasteiger partial charge < -0.3 is 10.5 Å². The molecule has 0 bridgehead atoms. The number of rotatable bonds is 5. The summed E-state index contributed by atoms with van der Waals surface area (Å²) in [4.78, 5) is 3.90. The molecular formula is C20H20ClF2N5O. The van der Waals surface area contributed by atoms with Gasteiger partial charge in [-0.2, -0.15) is 5.10 Å². The third-order valence-corrected chi connectivity index (χ3v) is 5.69. The Bertz CT molecular complexity index is 1020. The second-order valence-corrected chi connectivity index (χ2v) is 7.69. The van der Waals surface area contributed by atoms with Crippen molar-refractivity contribution in [1.82, 2.24) is 25.2 Å². The fourth-order valence-corrected chi connectivity index (χ4v) is 4.07. The molecule has 0 amide bonds. The molecule has 1 aliphatic heterocycles. The van der Waals surface area contributed by atoms with Crippen LogP contribution in [-0.4, -0.2) is 37.0 Å². The van der Waals surface area contributed by atoms with E-state index in [2.05, 4.69) is 15.5 Å². The second-order valence-electron chi connectivity index (χ2n) is 7.25. The summed E-state index contributed by atoms with van der Waals surface area (Å²) in [7, 11) is 0. The molecule has 152 valence electrons. The Balaban J connectivity index is 1.75. The van der Waals surface area contributed by atoms with Crippen LogP contribution in [0.15, 0.2) is 65.4 Å². The first-order valence-corrected chi connectivity index (χ1v) is 9.49. The van der Waals surface area contributed by atoms with Crippen molar-refractivity contribution in [3.63, 3.8) is 0 Å². The van der Waals surface area contributed by atoms with E-state index in [1.54, 1.807) is 13.0 Å². The Labute approximate surface area is 171 Å². The molecule has 0 spiro atoms. The molecular weight excluding hydrogens is 400 g/mol. The van der Waals surface area contributed by atoms with Crippen LogP contribution in [0, 0.1) is 11.6 Å². The van der Waals surface area contributed by atoms with Crippen LogP contribution in [0.5, 0.6) is 0 Å². The maximum absolute atomic E-state index is 14.7. The topological polar surface area (TPSA) is 66.2 Å². The highest BCUT2D eigenvalue weighted by molar-refractivity contribution is 6.31. The number of hydrogen-bond donors (Lipinski definition) is 2. The van der Waals surface area contributed by atoms with Gasteiger partial charge in [0, 0.05) is 22.4 Å². The van der Waals surface area contributed by atoms with Crippen LogP contribution in [0.4, 0.5) is 8.78 Å². The highest BCUT2D eigenvalue weighted by Gasteiger charge is 2.46. The summed E-state index contributed by atoms with van der Waals surface area (Å²) in [6.07, 6.45) is 8.32. The molecule has 2 N–H and O–H groups in total. The van der Waals surface area contributed by atoms with Gasteiger partial charge in [0.05, 0.1) is 18.6 Å². The van der Waals surface area contributed by atoms with E-state index in [1.807, 2.05) is 24.1 Å². The summed E-state index contributed by atoms with van der Waals surface area (Å²) in [5.41, 5.74) is 3.34. The Kier molecular flexibility index (Phi) is 5.02. The second kappa shape index (κ2) is 7.37. The molecule has 1 aromatic heterocycles. The van der Waals surface area contributed by atoms with Crippen molar-refractivity contribution in [2.45, 2.75) is 38.1 Å². The van der Waals surface area contributed by atoms with Crippen molar-refractivity contribution >= 4 is 11.6 Å². The molecule has 2 aromatic rings. The van der Waals surface area contributed by atoms with E-state index in [0.717, 1.165) is 23.4 Å². The molecule has 3 atom stereocenters. The molecule has 0 saturated carbocycles. The average Bonchev–Trinajstić information content (AvgIpc) is 3.29. The number of halogens is 3. The largest absolute Gasteiger partial charge is 0.381 e. The van der Waals surface area contributed by atoms with Gasteiger partial charge >= 0.3 is 0 Å². The molecule has 2 heterocycles. The van der Waals surface area contributed by atoms with Gasteiger partial charge in [0.15, 0.2) is 0 Å². The maximum atomic E-state index is 14.7. The van der Waals surface area contributed by atoms with E-state index in [-0.39, 0.29) is 18.2 Å². The van der Waals surface area contributed by atoms with Crippen LogP contribution in [0.3, 0.4) is 0 Å². The fourth-order valence-electron chi connectivity index (χ4n) is 3.88. The first-order chi connectivity index (χ1) is 13.8. The minimum atomic E-state index is -1.74. The minimum Gasteiger partial charge on any atom is -0.381 e. The van der Waals surface area contributed by atoms with Crippen molar-refractivity contribution in [3.05, 3.63) is 82.6 Å². The number of hydrogen-bond acceptors (Lipinski definition) is 5. The molecule has 4 rings (SSSR count). The highest BCUT2D eigenvalue weighted by Crippen LogP contribution is 2.37. The number of nitrogens with one attached hydrogen (secondary N) is 1. The predicted octanol–water partition coefficient (Wildman–Crippen LogP) is 2.99. The summed E-state index contributed by atoms with van der Waals surface area (Å²) in [5.74, 6) is -1.54. The normalized spacial score (nSPS) is 22.1. The Hall–Kier alpha value is -2.55. The number of hydrazine groups is 1. The zero-order valence-corrected chi connectivity index (χ0v) is 16.6. The zero-order chi connectivity index (χ0) is 20.8. The van der Waals surface area contributed by atoms with Crippen LogP contribution in [0.1, 0.15) is 19.4 Å². The molecule has 0 saturated heterocycles. The van der Waals surface area contributed by atoms with E-state index in [9.17, 15) is 13.9 Å². The number of benzene rings is 1. The molecule has 9 heteroatoms. The summed E-state index contributed by atoms with van der Waals surface area (Å²) in [6, 6.07) is 2.33. The van der Waals surface area contributed by atoms with E-state index < -0.39 is 23.3 Å². The molecule has 1 unspecified atom stereocenters. The Morgan fingerprint density at radius 3 is 2.86 bits per heavy atom. The van der Waals surface area contributed by atoms with E-state index >= 15 is 0 Å². The van der Waals surface area contributed by atoms with Gasteiger partial charge in [-0.05, 0) is 37.6 Å². The SMILES string of the molecule is CC1=C2C=C(Cl)C=CC2N([C@H](C)[C@](O)(Cn2cncn2)c2ccc(F)cc2F)N1. The molecule has 1 aliphatic carbocycles. The maximum Gasteiger partial charge on any atom is 0.137 e. The molecule has 1 aromatic carbocycles. The van der Waals surface area contributed by atoms with Crippen LogP contribution >= 0.6 is 11.6 Å². The van der Waals surface area contributed by atoms with Gasteiger partial charge in [-0.3, -0.25) is 0 Å². The number of aromatic nitrogens is 3. The molecule has 0 fully saturated rings. The van der Waals surface area contributed by atoms with E-state index in [0.29, 0.717) is 5.03 Å². The Morgan fingerprint density at radius 2 is 2.17 bits per heavy atom. The standard InChI is InChI=1S/C20H20ClF2N5O/c1-12-16-7-14(21)3-6-19(16)28(26-12)13(2)20(29,9-27-11-24-10-25-27)17-5-4-15(22)8-18(17)23/h3-8,10-11,13,19,26,29H,9H2,1-2H3/t13-,19?,20-/m1/s1. The van der Waals surface area contributed by atoms with Crippen molar-refractivity contribution in [1.29, 1.82) is 0 Å². The Morgan fingerprint density at radius 1 is 1.38 bits per heavy atom. The van der Waals surface area contributed by atoms with Gasteiger partial charge in [-0.15, -0.1) is 0 Å². The lowest BCUT2D eigenvalue weighted by molar-refractivity contribution is -0.0759. The van der Waals surface area contributed by atoms with Crippen molar-refractivity contribution in [2.75, 3.05) is 0 Å². The fraction of sp³-hybridized carbons (Fsp3) is 0.300. The lowest BCUT2D eigenvalue weighted by atomic mass is 9.85. The number of nitrogens with zero attached hydrogens (tertiary/aromatic N) is 4. The molecule has 0 radical (unpaired) electrons. The van der Waals surface area contributed by atoms with E-state index in [1.165, 1.54) is 23.4 Å². The summed E-state index contributed by atoms with van der Waals surface area (Å²) >= 11 is 6.13. The van der Waals surface area contributed by atoms with Crippen LogP contribution in [0.2, 0.25) is 0 Å². The highest BCUT2D eigenvalue weighted by atomic mass is 35.5. The van der Waals surface area contributed by atoms with Crippen molar-refractivity contribution in [3.8, 4) is 0 Å². The monoisotopic (exact) mass is 419 g/mol. The zero-order valence-electron chi connectivity index (χ0n) is 15.9. The average molecular weight is 420 g/mol. The van der Waals surface area contributed by atoms with Gasteiger partial charge in [0.1, 0.15) is 29.9 Å². The van der Waals surface area contributed by atoms with Crippen LogP contribution < -0.4 is 5.43 Å². The minimum absolute atomic E-state index is 0.0248. The number of fused-ring (bicyclic) bond motifs is 1. The smallest absolute Gasteiger partial charge is 0.137 e. The lowest BCUT2D eigenvalue weighted by Gasteiger charge is -2.42. The number of aliphatic hydroxyl groups is 1. The van der Waals surface area contributed by atoms with E-state index in [4.69, 9.17) is 11.6 Å². The third kappa shape index (κ3) is 3.48. The third-order valence-electron chi connectivity index (χ3n) is 5.45. The van der Waals surface area contributed by atoms with Crippen LogP contribution in [-0.2, 0) is 12.1 Å². The van der Waals surface area contributed by atoms with Gasteiger partial charge in [-0.1, -0.05) is 23.7 Å². The van der Waals surface area contributed by atoms with Gasteiger partial charge in [0.2, 0.25) is 0 Å².